The van der Waals surface area contributed by atoms with Crippen molar-refractivity contribution in [3.8, 4) is 0 Å². The van der Waals surface area contributed by atoms with Crippen LogP contribution in [-0.2, 0) is 17.4 Å². The zero-order chi connectivity index (χ0) is 25.9. The minimum atomic E-state index is 0.0268. The number of nitrogens with one attached hydrogen (secondary N) is 1. The lowest BCUT2D eigenvalue weighted by molar-refractivity contribution is 0.103. The molecule has 2 aromatic carbocycles. The van der Waals surface area contributed by atoms with E-state index in [9.17, 15) is 4.79 Å². The van der Waals surface area contributed by atoms with Gasteiger partial charge < -0.3 is 5.32 Å². The number of benzene rings is 2. The fraction of sp³-hybridized carbons (Fsp3) is 0.273. The van der Waals surface area contributed by atoms with Crippen LogP contribution in [-0.4, -0.2) is 10.8 Å². The third kappa shape index (κ3) is 5.73. The van der Waals surface area contributed by atoms with Crippen LogP contribution in [0.5, 0.6) is 0 Å². The molecule has 36 heavy (non-hydrogen) atoms. The average molecular weight is 477 g/mol. The molecule has 3 heteroatoms. The number of aromatic nitrogens is 1. The van der Waals surface area contributed by atoms with Crippen molar-refractivity contribution in [2.75, 3.05) is 0 Å². The largest absolute Gasteiger partial charge is 0.378 e. The number of rotatable bonds is 6. The van der Waals surface area contributed by atoms with E-state index < -0.39 is 0 Å². The Morgan fingerprint density at radius 3 is 1.89 bits per heavy atom. The Labute approximate surface area is 215 Å². The minimum absolute atomic E-state index is 0.0268. The van der Waals surface area contributed by atoms with Gasteiger partial charge in [-0.15, -0.1) is 0 Å². The molecule has 0 spiro atoms. The van der Waals surface area contributed by atoms with Gasteiger partial charge in [0.05, 0.1) is 12.2 Å². The van der Waals surface area contributed by atoms with Crippen LogP contribution >= 0.6 is 0 Å². The van der Waals surface area contributed by atoms with Gasteiger partial charge in [-0.3, -0.25) is 9.78 Å². The quantitative estimate of drug-likeness (QED) is 0.373. The molecule has 0 amide bonds. The van der Waals surface area contributed by atoms with Gasteiger partial charge in [-0.05, 0) is 39.7 Å². The number of carbonyl (C=O) groups excluding carboxylic acids is 1. The zero-order valence-corrected chi connectivity index (χ0v) is 22.2. The number of carbonyl (C=O) groups is 1. The summed E-state index contributed by atoms with van der Waals surface area (Å²) < 4.78 is 0. The lowest BCUT2D eigenvalue weighted by Crippen LogP contribution is -2.17. The Balaban J connectivity index is 1.71. The van der Waals surface area contributed by atoms with Crippen molar-refractivity contribution in [1.29, 1.82) is 0 Å². The molecule has 1 N–H and O–H groups in total. The molecular weight excluding hydrogens is 440 g/mol. The van der Waals surface area contributed by atoms with Gasteiger partial charge in [0.1, 0.15) is 0 Å². The number of nitrogens with zero attached hydrogens (tertiary/aromatic N) is 1. The standard InChI is InChI=1S/C33H36N2O/c1-32(2,3)25-17-13-23(14-18-25)30(35-22-27-10-7-8-21-34-27)28-11-9-12-29(28)31(36)24-15-19-26(20-16-24)33(4,5)6/h7-21,35H,22H2,1-6H3/b30-28-. The second-order valence-corrected chi connectivity index (χ2v) is 11.4. The lowest BCUT2D eigenvalue weighted by atomic mass is 9.85. The molecule has 0 saturated heterocycles. The van der Waals surface area contributed by atoms with Crippen molar-refractivity contribution in [1.82, 2.24) is 10.3 Å². The summed E-state index contributed by atoms with van der Waals surface area (Å²) in [6.45, 7) is 13.7. The highest BCUT2D eigenvalue weighted by Gasteiger charge is 2.23. The normalized spacial score (nSPS) is 15.0. The van der Waals surface area contributed by atoms with Crippen LogP contribution in [0.2, 0.25) is 0 Å². The summed E-state index contributed by atoms with van der Waals surface area (Å²) in [5.41, 5.74) is 7.81. The molecule has 0 atom stereocenters. The molecule has 1 aliphatic rings. The zero-order valence-electron chi connectivity index (χ0n) is 22.2. The first kappa shape index (κ1) is 25.4. The summed E-state index contributed by atoms with van der Waals surface area (Å²) in [7, 11) is 0. The van der Waals surface area contributed by atoms with E-state index >= 15 is 0 Å². The topological polar surface area (TPSA) is 42.0 Å². The van der Waals surface area contributed by atoms with Crippen molar-refractivity contribution in [2.45, 2.75) is 58.9 Å². The van der Waals surface area contributed by atoms with Gasteiger partial charge in [0.15, 0.2) is 5.78 Å². The molecular formula is C33H36N2O. The van der Waals surface area contributed by atoms with Crippen LogP contribution in [0.1, 0.15) is 74.3 Å². The number of hydrogen-bond acceptors (Lipinski definition) is 3. The first-order valence-corrected chi connectivity index (χ1v) is 12.6. The first-order valence-electron chi connectivity index (χ1n) is 12.6. The molecule has 1 aliphatic carbocycles. The van der Waals surface area contributed by atoms with E-state index in [1.54, 1.807) is 6.20 Å². The number of ketones is 1. The molecule has 184 valence electrons. The molecule has 0 aliphatic heterocycles. The molecule has 1 aromatic heterocycles. The number of pyridine rings is 1. The third-order valence-corrected chi connectivity index (χ3v) is 6.56. The predicted octanol–water partition coefficient (Wildman–Crippen LogP) is 7.56. The summed E-state index contributed by atoms with van der Waals surface area (Å²) >= 11 is 0. The highest BCUT2D eigenvalue weighted by atomic mass is 16.1. The van der Waals surface area contributed by atoms with Crippen LogP contribution in [0, 0.1) is 0 Å². The van der Waals surface area contributed by atoms with Gasteiger partial charge in [-0.25, -0.2) is 0 Å². The monoisotopic (exact) mass is 476 g/mol. The Bertz CT molecular complexity index is 1310. The number of hydrogen-bond donors (Lipinski definition) is 1. The van der Waals surface area contributed by atoms with Gasteiger partial charge in [0, 0.05) is 28.6 Å². The molecule has 3 aromatic rings. The van der Waals surface area contributed by atoms with E-state index in [2.05, 4.69) is 88.2 Å². The van der Waals surface area contributed by atoms with Crippen molar-refractivity contribution in [3.63, 3.8) is 0 Å². The summed E-state index contributed by atoms with van der Waals surface area (Å²) in [6.07, 6.45) is 7.70. The third-order valence-electron chi connectivity index (χ3n) is 6.56. The number of Topliss-reactive ketones (excluding diaryl/α,β-unsaturated/α-hetero) is 1. The molecule has 4 rings (SSSR count). The van der Waals surface area contributed by atoms with E-state index in [4.69, 9.17) is 0 Å². The molecule has 0 bridgehead atoms. The van der Waals surface area contributed by atoms with Crippen LogP contribution in [0.15, 0.2) is 102 Å². The van der Waals surface area contributed by atoms with E-state index in [-0.39, 0.29) is 16.6 Å². The summed E-state index contributed by atoms with van der Waals surface area (Å²) in [6, 6.07) is 22.5. The SMILES string of the molecule is CC(C)(C)c1ccc(C(=O)C2=CC=C/C2=C(/NCc2ccccn2)c2ccc(C(C)(C)C)cc2)cc1. The Kier molecular flexibility index (Phi) is 7.12. The van der Waals surface area contributed by atoms with Crippen LogP contribution < -0.4 is 5.32 Å². The molecule has 0 fully saturated rings. The van der Waals surface area contributed by atoms with Gasteiger partial charge >= 0.3 is 0 Å². The van der Waals surface area contributed by atoms with E-state index in [0.29, 0.717) is 17.7 Å². The molecule has 1 heterocycles. The highest BCUT2D eigenvalue weighted by molar-refractivity contribution is 6.14. The lowest BCUT2D eigenvalue weighted by Gasteiger charge is -2.21. The summed E-state index contributed by atoms with van der Waals surface area (Å²) in [4.78, 5) is 18.1. The smallest absolute Gasteiger partial charge is 0.193 e. The maximum atomic E-state index is 13.6. The summed E-state index contributed by atoms with van der Waals surface area (Å²) in [5, 5.41) is 3.59. The second kappa shape index (κ2) is 10.1. The van der Waals surface area contributed by atoms with Crippen LogP contribution in [0.3, 0.4) is 0 Å². The predicted molar refractivity (Wildman–Crippen MR) is 150 cm³/mol. The second-order valence-electron chi connectivity index (χ2n) is 11.4. The highest BCUT2D eigenvalue weighted by Crippen LogP contribution is 2.32. The van der Waals surface area contributed by atoms with E-state index in [1.807, 2.05) is 48.6 Å². The maximum absolute atomic E-state index is 13.6. The van der Waals surface area contributed by atoms with Crippen molar-refractivity contribution in [3.05, 3.63) is 130 Å². The van der Waals surface area contributed by atoms with Gasteiger partial charge in [0.25, 0.3) is 0 Å². The van der Waals surface area contributed by atoms with Crippen molar-refractivity contribution in [2.24, 2.45) is 0 Å². The maximum Gasteiger partial charge on any atom is 0.193 e. The fourth-order valence-corrected chi connectivity index (χ4v) is 4.28. The average Bonchev–Trinajstić information content (AvgIpc) is 3.33. The fourth-order valence-electron chi connectivity index (χ4n) is 4.28. The Hall–Kier alpha value is -3.72. The Morgan fingerprint density at radius 2 is 1.36 bits per heavy atom. The van der Waals surface area contributed by atoms with Crippen molar-refractivity contribution >= 4 is 11.5 Å². The molecule has 0 radical (unpaired) electrons. The van der Waals surface area contributed by atoms with E-state index in [1.165, 1.54) is 11.1 Å². The summed E-state index contributed by atoms with van der Waals surface area (Å²) in [5.74, 6) is 0.0268. The minimum Gasteiger partial charge on any atom is -0.378 e. The molecule has 3 nitrogen and oxygen atoms in total. The molecule has 0 saturated carbocycles. The first-order chi connectivity index (χ1) is 17.0. The van der Waals surface area contributed by atoms with Crippen LogP contribution in [0.25, 0.3) is 5.70 Å². The van der Waals surface area contributed by atoms with Crippen molar-refractivity contribution < 1.29 is 4.79 Å². The van der Waals surface area contributed by atoms with Gasteiger partial charge in [-0.1, -0.05) is 114 Å². The Morgan fingerprint density at radius 1 is 0.778 bits per heavy atom. The van der Waals surface area contributed by atoms with Gasteiger partial charge in [0.2, 0.25) is 0 Å². The molecule has 0 unspecified atom stereocenters. The van der Waals surface area contributed by atoms with Crippen LogP contribution in [0.4, 0.5) is 0 Å². The van der Waals surface area contributed by atoms with E-state index in [0.717, 1.165) is 22.5 Å². The van der Waals surface area contributed by atoms with Gasteiger partial charge in [-0.2, -0.15) is 0 Å². The number of allylic oxidation sites excluding steroid dienone is 5.